The van der Waals surface area contributed by atoms with Crippen molar-refractivity contribution >= 4 is 5.82 Å². The fourth-order valence-electron chi connectivity index (χ4n) is 2.18. The van der Waals surface area contributed by atoms with Crippen molar-refractivity contribution in [1.29, 1.82) is 0 Å². The SMILES string of the molecule is O=Nc1[nH]c(-c2cccc(O)c2)cc1-c1ccccc1. The lowest BCUT2D eigenvalue weighted by atomic mass is 10.1. The first-order valence-corrected chi connectivity index (χ1v) is 6.19. The van der Waals surface area contributed by atoms with Crippen molar-refractivity contribution in [3.8, 4) is 28.1 Å². The van der Waals surface area contributed by atoms with Gasteiger partial charge in [0.15, 0.2) is 5.82 Å². The number of nitrogens with one attached hydrogen (secondary N) is 1. The molecule has 0 aliphatic heterocycles. The van der Waals surface area contributed by atoms with E-state index in [2.05, 4.69) is 10.2 Å². The Bertz CT molecular complexity index is 748. The molecule has 3 aromatic rings. The Kier molecular flexibility index (Phi) is 3.05. The highest BCUT2D eigenvalue weighted by Gasteiger charge is 2.12. The Labute approximate surface area is 115 Å². The number of phenolic OH excluding ortho intramolecular Hbond substituents is 1. The summed E-state index contributed by atoms with van der Waals surface area (Å²) in [6.07, 6.45) is 0. The molecule has 0 fully saturated rings. The van der Waals surface area contributed by atoms with E-state index < -0.39 is 0 Å². The Morgan fingerprint density at radius 3 is 2.35 bits per heavy atom. The monoisotopic (exact) mass is 264 g/mol. The summed E-state index contributed by atoms with van der Waals surface area (Å²) in [5.41, 5.74) is 3.22. The van der Waals surface area contributed by atoms with Gasteiger partial charge >= 0.3 is 0 Å². The first kappa shape index (κ1) is 12.2. The number of nitroso groups, excluding NO2 is 1. The van der Waals surface area contributed by atoms with E-state index >= 15 is 0 Å². The van der Waals surface area contributed by atoms with Crippen LogP contribution in [0.25, 0.3) is 22.4 Å². The molecule has 1 heterocycles. The number of hydrogen-bond acceptors (Lipinski definition) is 3. The van der Waals surface area contributed by atoms with E-state index in [-0.39, 0.29) is 11.6 Å². The molecule has 0 amide bonds. The maximum atomic E-state index is 11.0. The third-order valence-electron chi connectivity index (χ3n) is 3.13. The summed E-state index contributed by atoms with van der Waals surface area (Å²) >= 11 is 0. The summed E-state index contributed by atoms with van der Waals surface area (Å²) in [6.45, 7) is 0. The molecule has 20 heavy (non-hydrogen) atoms. The van der Waals surface area contributed by atoms with Crippen LogP contribution in [0.2, 0.25) is 0 Å². The molecule has 3 rings (SSSR count). The first-order chi connectivity index (χ1) is 9.78. The van der Waals surface area contributed by atoms with Crippen molar-refractivity contribution in [1.82, 2.24) is 4.98 Å². The highest BCUT2D eigenvalue weighted by atomic mass is 16.3. The van der Waals surface area contributed by atoms with E-state index in [9.17, 15) is 10.0 Å². The van der Waals surface area contributed by atoms with E-state index in [1.807, 2.05) is 42.5 Å². The second-order valence-electron chi connectivity index (χ2n) is 4.45. The maximum Gasteiger partial charge on any atom is 0.183 e. The van der Waals surface area contributed by atoms with Gasteiger partial charge in [-0.3, -0.25) is 0 Å². The van der Waals surface area contributed by atoms with Crippen LogP contribution < -0.4 is 0 Å². The van der Waals surface area contributed by atoms with Crippen LogP contribution in [0, 0.1) is 4.91 Å². The summed E-state index contributed by atoms with van der Waals surface area (Å²) in [4.78, 5) is 14.0. The van der Waals surface area contributed by atoms with Crippen molar-refractivity contribution in [3.05, 3.63) is 65.6 Å². The van der Waals surface area contributed by atoms with Gasteiger partial charge in [0.05, 0.1) is 0 Å². The molecule has 0 atom stereocenters. The molecule has 0 radical (unpaired) electrons. The highest BCUT2D eigenvalue weighted by molar-refractivity contribution is 5.80. The zero-order chi connectivity index (χ0) is 13.9. The third kappa shape index (κ3) is 2.19. The number of phenols is 1. The molecule has 2 N–H and O–H groups in total. The number of aromatic hydroxyl groups is 1. The van der Waals surface area contributed by atoms with Gasteiger partial charge in [-0.25, -0.2) is 0 Å². The van der Waals surface area contributed by atoms with E-state index in [4.69, 9.17) is 0 Å². The fraction of sp³-hybridized carbons (Fsp3) is 0. The minimum atomic E-state index is 0.180. The van der Waals surface area contributed by atoms with Crippen molar-refractivity contribution in [2.24, 2.45) is 5.18 Å². The number of benzene rings is 2. The van der Waals surface area contributed by atoms with Gasteiger partial charge in [-0.05, 0) is 28.9 Å². The van der Waals surface area contributed by atoms with Crippen molar-refractivity contribution < 1.29 is 5.11 Å². The lowest BCUT2D eigenvalue weighted by Crippen LogP contribution is -1.75. The number of aromatic amines is 1. The number of hydrogen-bond donors (Lipinski definition) is 2. The average Bonchev–Trinajstić information content (AvgIpc) is 2.92. The largest absolute Gasteiger partial charge is 0.508 e. The van der Waals surface area contributed by atoms with Crippen molar-refractivity contribution in [2.45, 2.75) is 0 Å². The molecule has 0 saturated heterocycles. The van der Waals surface area contributed by atoms with E-state index in [0.717, 1.165) is 22.4 Å². The second kappa shape index (κ2) is 5.01. The Hall–Kier alpha value is -2.88. The molecule has 1 aromatic heterocycles. The van der Waals surface area contributed by atoms with E-state index in [1.165, 1.54) is 0 Å². The Morgan fingerprint density at radius 2 is 1.65 bits per heavy atom. The van der Waals surface area contributed by atoms with Gasteiger partial charge in [0, 0.05) is 16.8 Å². The molecule has 98 valence electrons. The van der Waals surface area contributed by atoms with Crippen LogP contribution in [0.5, 0.6) is 5.75 Å². The summed E-state index contributed by atoms with van der Waals surface area (Å²) in [5.74, 6) is 0.466. The average molecular weight is 264 g/mol. The van der Waals surface area contributed by atoms with Gasteiger partial charge < -0.3 is 10.1 Å². The number of aromatic nitrogens is 1. The predicted octanol–water partition coefficient (Wildman–Crippen LogP) is 4.45. The van der Waals surface area contributed by atoms with Crippen LogP contribution in [0.1, 0.15) is 0 Å². The van der Waals surface area contributed by atoms with Gasteiger partial charge in [0.2, 0.25) is 0 Å². The predicted molar refractivity (Wildman–Crippen MR) is 78.8 cm³/mol. The van der Waals surface area contributed by atoms with Crippen LogP contribution in [0.15, 0.2) is 65.8 Å². The lowest BCUT2D eigenvalue weighted by molar-refractivity contribution is 0.475. The molecule has 4 heteroatoms. The van der Waals surface area contributed by atoms with Crippen LogP contribution in [-0.2, 0) is 0 Å². The Balaban J connectivity index is 2.12. The lowest BCUT2D eigenvalue weighted by Gasteiger charge is -1.98. The molecule has 4 nitrogen and oxygen atoms in total. The van der Waals surface area contributed by atoms with Crippen molar-refractivity contribution in [2.75, 3.05) is 0 Å². The van der Waals surface area contributed by atoms with Crippen LogP contribution in [0.3, 0.4) is 0 Å². The topological polar surface area (TPSA) is 65.5 Å². The smallest absolute Gasteiger partial charge is 0.183 e. The zero-order valence-corrected chi connectivity index (χ0v) is 10.6. The molecule has 2 aromatic carbocycles. The number of H-pyrrole nitrogens is 1. The standard InChI is InChI=1S/C16H12N2O2/c19-13-8-4-7-12(9-13)15-10-14(16(17-15)18-20)11-5-2-1-3-6-11/h1-10,17,19H. The normalized spacial score (nSPS) is 10.4. The van der Waals surface area contributed by atoms with Crippen LogP contribution in [0.4, 0.5) is 5.82 Å². The molecule has 0 spiro atoms. The fourth-order valence-corrected chi connectivity index (χ4v) is 2.18. The molecule has 0 unspecified atom stereocenters. The van der Waals surface area contributed by atoms with Gasteiger partial charge in [-0.15, -0.1) is 4.91 Å². The van der Waals surface area contributed by atoms with Gasteiger partial charge in [-0.2, -0.15) is 0 Å². The molecule has 0 saturated carbocycles. The van der Waals surface area contributed by atoms with Crippen LogP contribution in [-0.4, -0.2) is 10.1 Å². The highest BCUT2D eigenvalue weighted by Crippen LogP contribution is 2.35. The first-order valence-electron chi connectivity index (χ1n) is 6.19. The summed E-state index contributed by atoms with van der Waals surface area (Å²) in [5, 5.41) is 12.6. The summed E-state index contributed by atoms with van der Waals surface area (Å²) in [7, 11) is 0. The third-order valence-corrected chi connectivity index (χ3v) is 3.13. The minimum absolute atomic E-state index is 0.180. The number of rotatable bonds is 3. The molecule has 0 bridgehead atoms. The zero-order valence-electron chi connectivity index (χ0n) is 10.6. The minimum Gasteiger partial charge on any atom is -0.508 e. The van der Waals surface area contributed by atoms with Crippen molar-refractivity contribution in [3.63, 3.8) is 0 Å². The second-order valence-corrected chi connectivity index (χ2v) is 4.45. The molecule has 0 aliphatic carbocycles. The van der Waals surface area contributed by atoms with Gasteiger partial charge in [0.25, 0.3) is 0 Å². The Morgan fingerprint density at radius 1 is 0.900 bits per heavy atom. The molecular formula is C16H12N2O2. The summed E-state index contributed by atoms with van der Waals surface area (Å²) < 4.78 is 0. The maximum absolute atomic E-state index is 11.0. The van der Waals surface area contributed by atoms with Gasteiger partial charge in [0.1, 0.15) is 5.75 Å². The number of nitrogens with zero attached hydrogens (tertiary/aromatic N) is 1. The van der Waals surface area contributed by atoms with Crippen LogP contribution >= 0.6 is 0 Å². The molecule has 0 aliphatic rings. The molecular weight excluding hydrogens is 252 g/mol. The van der Waals surface area contributed by atoms with E-state index in [1.54, 1.807) is 18.2 Å². The quantitative estimate of drug-likeness (QED) is 0.686. The van der Waals surface area contributed by atoms with E-state index in [0.29, 0.717) is 0 Å². The summed E-state index contributed by atoms with van der Waals surface area (Å²) in [6, 6.07) is 18.3. The van der Waals surface area contributed by atoms with Gasteiger partial charge in [-0.1, -0.05) is 42.5 Å².